The Morgan fingerprint density at radius 1 is 1.04 bits per heavy atom. The lowest BCUT2D eigenvalue weighted by Crippen LogP contribution is -2.27. The molecule has 0 aliphatic heterocycles. The highest BCUT2D eigenvalue weighted by Crippen LogP contribution is 2.19. The van der Waals surface area contributed by atoms with Gasteiger partial charge in [0.15, 0.2) is 0 Å². The molecule has 2 rings (SSSR count). The van der Waals surface area contributed by atoms with Gasteiger partial charge < -0.3 is 15.4 Å². The monoisotopic (exact) mass is 326 g/mol. The van der Waals surface area contributed by atoms with Crippen LogP contribution in [-0.4, -0.2) is 25.1 Å². The van der Waals surface area contributed by atoms with Crippen molar-refractivity contribution in [1.29, 1.82) is 0 Å². The van der Waals surface area contributed by atoms with Gasteiger partial charge in [0.2, 0.25) is 0 Å². The summed E-state index contributed by atoms with van der Waals surface area (Å²) < 4.78 is 5.66. The van der Waals surface area contributed by atoms with E-state index >= 15 is 0 Å². The highest BCUT2D eigenvalue weighted by molar-refractivity contribution is 6.06. The van der Waals surface area contributed by atoms with Crippen LogP contribution in [0.15, 0.2) is 42.5 Å². The number of carbonyl (C=O) groups excluding carboxylic acids is 1. The number of hydrogen-bond donors (Lipinski definition) is 2. The molecule has 0 heterocycles. The van der Waals surface area contributed by atoms with E-state index in [2.05, 4.69) is 24.5 Å². The first-order valence-electron chi connectivity index (χ1n) is 8.31. The van der Waals surface area contributed by atoms with Gasteiger partial charge in [-0.3, -0.25) is 4.79 Å². The summed E-state index contributed by atoms with van der Waals surface area (Å²) in [4.78, 5) is 12.5. The predicted octanol–water partition coefficient (Wildman–Crippen LogP) is 3.93. The van der Waals surface area contributed by atoms with Crippen LogP contribution in [0.25, 0.3) is 0 Å². The van der Waals surface area contributed by atoms with Crippen molar-refractivity contribution >= 4 is 11.6 Å². The molecule has 0 aliphatic carbocycles. The van der Waals surface area contributed by atoms with Gasteiger partial charge in [-0.25, -0.2) is 0 Å². The number of anilines is 1. The standard InChI is InChI=1S/C20H26N2O2/c1-14(2)21-12-13-24-18-10-8-17(9-11-18)22-20(23)19-15(3)6-5-7-16(19)4/h5-11,14,21H,12-13H2,1-4H3,(H,22,23). The molecular weight excluding hydrogens is 300 g/mol. The minimum absolute atomic E-state index is 0.0830. The van der Waals surface area contributed by atoms with E-state index in [-0.39, 0.29) is 5.91 Å². The topological polar surface area (TPSA) is 50.4 Å². The van der Waals surface area contributed by atoms with E-state index in [1.807, 2.05) is 56.3 Å². The number of amides is 1. The number of ether oxygens (including phenoxy) is 1. The highest BCUT2D eigenvalue weighted by atomic mass is 16.5. The molecule has 0 saturated heterocycles. The van der Waals surface area contributed by atoms with Crippen LogP contribution >= 0.6 is 0 Å². The maximum atomic E-state index is 12.5. The smallest absolute Gasteiger partial charge is 0.256 e. The first-order chi connectivity index (χ1) is 11.5. The van der Waals surface area contributed by atoms with E-state index in [1.165, 1.54) is 0 Å². The van der Waals surface area contributed by atoms with Crippen LogP contribution in [0.1, 0.15) is 35.3 Å². The number of hydrogen-bond acceptors (Lipinski definition) is 3. The van der Waals surface area contributed by atoms with Crippen LogP contribution in [0.5, 0.6) is 5.75 Å². The summed E-state index contributed by atoms with van der Waals surface area (Å²) in [5.41, 5.74) is 3.45. The molecule has 0 atom stereocenters. The van der Waals surface area contributed by atoms with E-state index in [9.17, 15) is 4.79 Å². The fourth-order valence-corrected chi connectivity index (χ4v) is 2.52. The zero-order chi connectivity index (χ0) is 17.5. The zero-order valence-electron chi connectivity index (χ0n) is 14.8. The van der Waals surface area contributed by atoms with Crippen molar-refractivity contribution in [3.05, 3.63) is 59.2 Å². The molecule has 0 bridgehead atoms. The number of carbonyl (C=O) groups is 1. The summed E-state index contributed by atoms with van der Waals surface area (Å²) in [6.07, 6.45) is 0. The molecule has 0 spiro atoms. The Kier molecular flexibility index (Phi) is 6.38. The summed E-state index contributed by atoms with van der Waals surface area (Å²) in [5.74, 6) is 0.714. The maximum Gasteiger partial charge on any atom is 0.256 e. The van der Waals surface area contributed by atoms with E-state index in [0.717, 1.165) is 34.7 Å². The van der Waals surface area contributed by atoms with Crippen LogP contribution < -0.4 is 15.4 Å². The van der Waals surface area contributed by atoms with Crippen molar-refractivity contribution in [1.82, 2.24) is 5.32 Å². The van der Waals surface area contributed by atoms with E-state index in [4.69, 9.17) is 4.74 Å². The van der Waals surface area contributed by atoms with Gasteiger partial charge in [-0.15, -0.1) is 0 Å². The van der Waals surface area contributed by atoms with Gasteiger partial charge in [0, 0.05) is 23.8 Å². The average molecular weight is 326 g/mol. The largest absolute Gasteiger partial charge is 0.492 e. The Balaban J connectivity index is 1.93. The predicted molar refractivity (Wildman–Crippen MR) is 98.9 cm³/mol. The summed E-state index contributed by atoms with van der Waals surface area (Å²) in [7, 11) is 0. The number of benzene rings is 2. The fraction of sp³-hybridized carbons (Fsp3) is 0.350. The summed E-state index contributed by atoms with van der Waals surface area (Å²) in [6, 6.07) is 13.8. The second kappa shape index (κ2) is 8.50. The quantitative estimate of drug-likeness (QED) is 0.758. The van der Waals surface area contributed by atoms with Crippen molar-refractivity contribution in [3.8, 4) is 5.75 Å². The Labute approximate surface area is 144 Å². The van der Waals surface area contributed by atoms with Crippen LogP contribution in [-0.2, 0) is 0 Å². The molecule has 128 valence electrons. The van der Waals surface area contributed by atoms with Gasteiger partial charge in [-0.05, 0) is 49.2 Å². The SMILES string of the molecule is Cc1cccc(C)c1C(=O)Nc1ccc(OCCNC(C)C)cc1. The second-order valence-corrected chi connectivity index (χ2v) is 6.20. The molecule has 24 heavy (non-hydrogen) atoms. The average Bonchev–Trinajstić information content (AvgIpc) is 2.53. The van der Waals surface area contributed by atoms with Gasteiger partial charge in [0.25, 0.3) is 5.91 Å². The Hall–Kier alpha value is -2.33. The normalized spacial score (nSPS) is 10.7. The van der Waals surface area contributed by atoms with E-state index < -0.39 is 0 Å². The lowest BCUT2D eigenvalue weighted by Gasteiger charge is -2.12. The van der Waals surface area contributed by atoms with Crippen molar-refractivity contribution in [2.24, 2.45) is 0 Å². The summed E-state index contributed by atoms with van der Waals surface area (Å²) in [6.45, 7) is 9.53. The molecule has 2 N–H and O–H groups in total. The third-order valence-electron chi connectivity index (χ3n) is 3.74. The molecule has 2 aromatic rings. The molecular formula is C20H26N2O2. The van der Waals surface area contributed by atoms with Crippen LogP contribution in [0.2, 0.25) is 0 Å². The number of aryl methyl sites for hydroxylation is 2. The van der Waals surface area contributed by atoms with Crippen molar-refractivity contribution in [3.63, 3.8) is 0 Å². The molecule has 4 heteroatoms. The van der Waals surface area contributed by atoms with Gasteiger partial charge in [-0.1, -0.05) is 32.0 Å². The van der Waals surface area contributed by atoms with Gasteiger partial charge in [0.05, 0.1) is 0 Å². The molecule has 0 saturated carbocycles. The summed E-state index contributed by atoms with van der Waals surface area (Å²) in [5, 5.41) is 6.24. The molecule has 4 nitrogen and oxygen atoms in total. The molecule has 0 unspecified atom stereocenters. The van der Waals surface area contributed by atoms with Gasteiger partial charge in [-0.2, -0.15) is 0 Å². The van der Waals surface area contributed by atoms with Gasteiger partial charge in [0.1, 0.15) is 12.4 Å². The first-order valence-corrected chi connectivity index (χ1v) is 8.31. The van der Waals surface area contributed by atoms with Crippen LogP contribution in [0.4, 0.5) is 5.69 Å². The van der Waals surface area contributed by atoms with Gasteiger partial charge >= 0.3 is 0 Å². The van der Waals surface area contributed by atoms with Crippen molar-refractivity contribution in [2.75, 3.05) is 18.5 Å². The molecule has 0 aliphatic rings. The molecule has 1 amide bonds. The third kappa shape index (κ3) is 5.10. The van der Waals surface area contributed by atoms with Crippen molar-refractivity contribution in [2.45, 2.75) is 33.7 Å². The second-order valence-electron chi connectivity index (χ2n) is 6.20. The molecule has 0 aromatic heterocycles. The minimum atomic E-state index is -0.0830. The Morgan fingerprint density at radius 2 is 1.67 bits per heavy atom. The first kappa shape index (κ1) is 18.0. The summed E-state index contributed by atoms with van der Waals surface area (Å²) >= 11 is 0. The molecule has 2 aromatic carbocycles. The molecule has 0 radical (unpaired) electrons. The zero-order valence-corrected chi connectivity index (χ0v) is 14.8. The highest BCUT2D eigenvalue weighted by Gasteiger charge is 2.11. The number of nitrogens with one attached hydrogen (secondary N) is 2. The Bertz CT molecular complexity index is 658. The van der Waals surface area contributed by atoms with Crippen LogP contribution in [0, 0.1) is 13.8 Å². The minimum Gasteiger partial charge on any atom is -0.492 e. The van der Waals surface area contributed by atoms with Crippen molar-refractivity contribution < 1.29 is 9.53 Å². The van der Waals surface area contributed by atoms with E-state index in [1.54, 1.807) is 0 Å². The number of rotatable bonds is 7. The maximum absolute atomic E-state index is 12.5. The lowest BCUT2D eigenvalue weighted by molar-refractivity contribution is 0.102. The van der Waals surface area contributed by atoms with Crippen LogP contribution in [0.3, 0.4) is 0 Å². The third-order valence-corrected chi connectivity index (χ3v) is 3.74. The van der Waals surface area contributed by atoms with E-state index in [0.29, 0.717) is 12.6 Å². The lowest BCUT2D eigenvalue weighted by atomic mass is 10.0. The Morgan fingerprint density at radius 3 is 2.25 bits per heavy atom. The fourth-order valence-electron chi connectivity index (χ4n) is 2.52. The molecule has 0 fully saturated rings.